The second kappa shape index (κ2) is 6.70. The van der Waals surface area contributed by atoms with Crippen LogP contribution in [-0.2, 0) is 13.6 Å². The molecule has 1 aliphatic rings. The van der Waals surface area contributed by atoms with Crippen LogP contribution in [0.5, 0.6) is 0 Å². The lowest BCUT2D eigenvalue weighted by Gasteiger charge is -2.21. The van der Waals surface area contributed by atoms with Gasteiger partial charge in [0.15, 0.2) is 5.65 Å². The van der Waals surface area contributed by atoms with Crippen LogP contribution in [0.2, 0.25) is 0 Å². The Kier molecular flexibility index (Phi) is 4.26. The highest BCUT2D eigenvalue weighted by atomic mass is 16.1. The molecular formula is C19H23N5O. The van der Waals surface area contributed by atoms with Crippen molar-refractivity contribution in [2.24, 2.45) is 13.0 Å². The molecule has 1 aliphatic carbocycles. The molecule has 0 aliphatic heterocycles. The van der Waals surface area contributed by atoms with Crippen LogP contribution in [0.4, 0.5) is 11.6 Å². The lowest BCUT2D eigenvalue weighted by atomic mass is 9.89. The van der Waals surface area contributed by atoms with Gasteiger partial charge in [-0.05, 0) is 30.9 Å². The van der Waals surface area contributed by atoms with Crippen molar-refractivity contribution in [3.63, 3.8) is 0 Å². The first-order valence-electron chi connectivity index (χ1n) is 8.97. The summed E-state index contributed by atoms with van der Waals surface area (Å²) in [7, 11) is 1.78. The van der Waals surface area contributed by atoms with Gasteiger partial charge in [-0.15, -0.1) is 0 Å². The molecule has 6 nitrogen and oxygen atoms in total. The van der Waals surface area contributed by atoms with Crippen molar-refractivity contribution < 1.29 is 0 Å². The Balaban J connectivity index is 1.66. The summed E-state index contributed by atoms with van der Waals surface area (Å²) in [6.45, 7) is 0.769. The van der Waals surface area contributed by atoms with Crippen LogP contribution in [0.3, 0.4) is 0 Å². The highest BCUT2D eigenvalue weighted by molar-refractivity contribution is 5.72. The number of benzene rings is 1. The molecule has 1 N–H and O–H groups in total. The van der Waals surface area contributed by atoms with E-state index in [2.05, 4.69) is 15.3 Å². The lowest BCUT2D eigenvalue weighted by molar-refractivity contribution is 0.318. The van der Waals surface area contributed by atoms with Crippen molar-refractivity contribution in [2.75, 3.05) is 5.32 Å². The van der Waals surface area contributed by atoms with Crippen molar-refractivity contribution in [1.82, 2.24) is 19.1 Å². The van der Waals surface area contributed by atoms with Crippen molar-refractivity contribution in [1.29, 1.82) is 0 Å². The van der Waals surface area contributed by atoms with E-state index in [9.17, 15) is 4.79 Å². The quantitative estimate of drug-likeness (QED) is 0.792. The number of aromatic nitrogens is 4. The smallest absolute Gasteiger partial charge is 0.324 e. The highest BCUT2D eigenvalue weighted by Gasteiger charge is 2.19. The Morgan fingerprint density at radius 3 is 2.68 bits per heavy atom. The molecule has 6 heteroatoms. The highest BCUT2D eigenvalue weighted by Crippen LogP contribution is 2.26. The number of imidazole rings is 1. The lowest BCUT2D eigenvalue weighted by Crippen LogP contribution is -2.26. The molecule has 0 spiro atoms. The molecule has 25 heavy (non-hydrogen) atoms. The summed E-state index contributed by atoms with van der Waals surface area (Å²) >= 11 is 0. The summed E-state index contributed by atoms with van der Waals surface area (Å²) in [6, 6.07) is 9.79. The van der Waals surface area contributed by atoms with Gasteiger partial charge >= 0.3 is 5.69 Å². The SMILES string of the molecule is Cn1c(=O)n(CC2CCCCC2)c2cnc(Nc3ccccc3)nc21. The minimum atomic E-state index is -0.00765. The van der Waals surface area contributed by atoms with Gasteiger partial charge in [0.2, 0.25) is 5.95 Å². The van der Waals surface area contributed by atoms with Crippen LogP contribution < -0.4 is 11.0 Å². The van der Waals surface area contributed by atoms with Gasteiger partial charge < -0.3 is 5.32 Å². The summed E-state index contributed by atoms with van der Waals surface area (Å²) in [5.41, 5.74) is 2.41. The van der Waals surface area contributed by atoms with Crippen molar-refractivity contribution in [3.05, 3.63) is 47.0 Å². The van der Waals surface area contributed by atoms with E-state index >= 15 is 0 Å². The van der Waals surface area contributed by atoms with E-state index in [0.29, 0.717) is 17.5 Å². The fourth-order valence-corrected chi connectivity index (χ4v) is 3.69. The van der Waals surface area contributed by atoms with Gasteiger partial charge in [-0.1, -0.05) is 37.5 Å². The van der Waals surface area contributed by atoms with Crippen LogP contribution in [0.25, 0.3) is 11.2 Å². The molecule has 0 atom stereocenters. The summed E-state index contributed by atoms with van der Waals surface area (Å²) in [5, 5.41) is 3.19. The second-order valence-electron chi connectivity index (χ2n) is 6.85. The average Bonchev–Trinajstić information content (AvgIpc) is 2.88. The topological polar surface area (TPSA) is 64.7 Å². The van der Waals surface area contributed by atoms with Crippen molar-refractivity contribution in [2.45, 2.75) is 38.6 Å². The molecule has 0 unspecified atom stereocenters. The summed E-state index contributed by atoms with van der Waals surface area (Å²) < 4.78 is 3.47. The molecule has 1 fully saturated rings. The summed E-state index contributed by atoms with van der Waals surface area (Å²) in [4.78, 5) is 21.6. The first kappa shape index (κ1) is 15.9. The zero-order valence-corrected chi connectivity index (χ0v) is 14.5. The molecule has 0 amide bonds. The Morgan fingerprint density at radius 2 is 1.92 bits per heavy atom. The summed E-state index contributed by atoms with van der Waals surface area (Å²) in [5.74, 6) is 1.09. The number of aryl methyl sites for hydroxylation is 1. The Bertz CT molecular complexity index is 922. The Hall–Kier alpha value is -2.63. The Morgan fingerprint density at radius 1 is 1.16 bits per heavy atom. The number of para-hydroxylation sites is 1. The van der Waals surface area contributed by atoms with Gasteiger partial charge in [0.1, 0.15) is 5.52 Å². The van der Waals surface area contributed by atoms with Crippen LogP contribution in [0, 0.1) is 5.92 Å². The molecule has 1 aromatic carbocycles. The van der Waals surface area contributed by atoms with Crippen LogP contribution in [-0.4, -0.2) is 19.1 Å². The minimum absolute atomic E-state index is 0.00765. The first-order valence-corrected chi connectivity index (χ1v) is 8.97. The van der Waals surface area contributed by atoms with Gasteiger partial charge in [0.25, 0.3) is 0 Å². The van der Waals surface area contributed by atoms with E-state index in [4.69, 9.17) is 0 Å². The maximum absolute atomic E-state index is 12.7. The minimum Gasteiger partial charge on any atom is -0.324 e. The van der Waals surface area contributed by atoms with E-state index in [-0.39, 0.29) is 5.69 Å². The molecule has 130 valence electrons. The maximum Gasteiger partial charge on any atom is 0.330 e. The van der Waals surface area contributed by atoms with E-state index in [0.717, 1.165) is 17.7 Å². The molecule has 2 heterocycles. The zero-order chi connectivity index (χ0) is 17.2. The summed E-state index contributed by atoms with van der Waals surface area (Å²) in [6.07, 6.45) is 8.03. The van der Waals surface area contributed by atoms with E-state index in [1.165, 1.54) is 32.1 Å². The van der Waals surface area contributed by atoms with Crippen LogP contribution in [0.1, 0.15) is 32.1 Å². The van der Waals surface area contributed by atoms with Gasteiger partial charge in [-0.25, -0.2) is 9.78 Å². The predicted molar refractivity (Wildman–Crippen MR) is 99.1 cm³/mol. The third-order valence-corrected chi connectivity index (χ3v) is 5.07. The van der Waals surface area contributed by atoms with Crippen LogP contribution in [0.15, 0.2) is 41.3 Å². The van der Waals surface area contributed by atoms with E-state index in [1.807, 2.05) is 34.9 Å². The van der Waals surface area contributed by atoms with Gasteiger partial charge in [0, 0.05) is 19.3 Å². The van der Waals surface area contributed by atoms with E-state index < -0.39 is 0 Å². The first-order chi connectivity index (χ1) is 12.2. The van der Waals surface area contributed by atoms with Crippen LogP contribution >= 0.6 is 0 Å². The largest absolute Gasteiger partial charge is 0.330 e. The molecule has 1 saturated carbocycles. The monoisotopic (exact) mass is 337 g/mol. The predicted octanol–water partition coefficient (Wildman–Crippen LogP) is 3.45. The molecular weight excluding hydrogens is 314 g/mol. The number of rotatable bonds is 4. The molecule has 0 radical (unpaired) electrons. The number of hydrogen-bond donors (Lipinski definition) is 1. The number of anilines is 2. The third-order valence-electron chi connectivity index (χ3n) is 5.07. The second-order valence-corrected chi connectivity index (χ2v) is 6.85. The van der Waals surface area contributed by atoms with Crippen molar-refractivity contribution >= 4 is 22.8 Å². The van der Waals surface area contributed by atoms with Crippen molar-refractivity contribution in [3.8, 4) is 0 Å². The normalized spacial score (nSPS) is 15.6. The zero-order valence-electron chi connectivity index (χ0n) is 14.5. The standard InChI is InChI=1S/C19H23N5O/c1-23-17-16(24(19(23)25)13-14-8-4-2-5-9-14)12-20-18(22-17)21-15-10-6-3-7-11-15/h3,6-7,10-12,14H,2,4-5,8-9,13H2,1H3,(H,20,21,22). The average molecular weight is 337 g/mol. The number of nitrogens with one attached hydrogen (secondary N) is 1. The number of hydrogen-bond acceptors (Lipinski definition) is 4. The number of fused-ring (bicyclic) bond motifs is 1. The molecule has 0 bridgehead atoms. The van der Waals surface area contributed by atoms with E-state index in [1.54, 1.807) is 17.8 Å². The third kappa shape index (κ3) is 3.16. The molecule has 2 aromatic heterocycles. The number of nitrogens with zero attached hydrogens (tertiary/aromatic N) is 4. The van der Waals surface area contributed by atoms with Gasteiger partial charge in [-0.3, -0.25) is 9.13 Å². The molecule has 0 saturated heterocycles. The van der Waals surface area contributed by atoms with Gasteiger partial charge in [0.05, 0.1) is 6.20 Å². The molecule has 3 aromatic rings. The Labute approximate surface area is 146 Å². The fourth-order valence-electron chi connectivity index (χ4n) is 3.69. The van der Waals surface area contributed by atoms with Gasteiger partial charge in [-0.2, -0.15) is 4.98 Å². The fraction of sp³-hybridized carbons (Fsp3) is 0.421. The maximum atomic E-state index is 12.7. The molecule has 4 rings (SSSR count).